The number of rotatable bonds is 7. The fourth-order valence-corrected chi connectivity index (χ4v) is 4.99. The molecular weight excluding hydrogens is 416 g/mol. The Kier molecular flexibility index (Phi) is 7.45. The molecular formula is C25H36N6O2. The van der Waals surface area contributed by atoms with Gasteiger partial charge in [-0.25, -0.2) is 9.97 Å². The topological polar surface area (TPSA) is 125 Å². The van der Waals surface area contributed by atoms with Crippen LogP contribution in [0.2, 0.25) is 0 Å². The summed E-state index contributed by atoms with van der Waals surface area (Å²) in [5.41, 5.74) is 9.99. The van der Waals surface area contributed by atoms with Crippen LogP contribution in [0.15, 0.2) is 18.2 Å². The molecule has 1 saturated carbocycles. The first-order valence-electron chi connectivity index (χ1n) is 12.2. The SMILES string of the molecule is CCc1nc(C(N)=O)c(Nc2ccc(C3CCNCC3)c(C)c2)nc1NC1CCC(O)CC1. The number of aliphatic hydroxyl groups is 1. The minimum atomic E-state index is -0.602. The molecule has 2 aromatic rings. The van der Waals surface area contributed by atoms with Crippen molar-refractivity contribution in [3.8, 4) is 0 Å². The molecule has 4 rings (SSSR count). The van der Waals surface area contributed by atoms with Gasteiger partial charge in [-0.2, -0.15) is 0 Å². The van der Waals surface area contributed by atoms with Gasteiger partial charge < -0.3 is 26.8 Å². The van der Waals surface area contributed by atoms with E-state index in [0.717, 1.165) is 63.0 Å². The average Bonchev–Trinajstić information content (AvgIpc) is 2.81. The lowest BCUT2D eigenvalue weighted by Crippen LogP contribution is -2.29. The summed E-state index contributed by atoms with van der Waals surface area (Å²) >= 11 is 0. The van der Waals surface area contributed by atoms with E-state index in [9.17, 15) is 9.90 Å². The number of benzene rings is 1. The molecule has 1 aromatic heterocycles. The Labute approximate surface area is 195 Å². The first-order valence-corrected chi connectivity index (χ1v) is 12.2. The summed E-state index contributed by atoms with van der Waals surface area (Å²) in [6.45, 7) is 6.23. The number of amides is 1. The molecule has 1 amide bonds. The van der Waals surface area contributed by atoms with Crippen LogP contribution in [0.25, 0.3) is 0 Å². The van der Waals surface area contributed by atoms with Crippen LogP contribution >= 0.6 is 0 Å². The molecule has 0 spiro atoms. The van der Waals surface area contributed by atoms with Crippen molar-refractivity contribution >= 4 is 23.2 Å². The lowest BCUT2D eigenvalue weighted by molar-refractivity contribution is 0.0996. The molecule has 0 unspecified atom stereocenters. The zero-order valence-corrected chi connectivity index (χ0v) is 19.7. The molecule has 8 heteroatoms. The van der Waals surface area contributed by atoms with Gasteiger partial charge in [0.05, 0.1) is 11.8 Å². The molecule has 0 bridgehead atoms. The maximum Gasteiger partial charge on any atom is 0.271 e. The first kappa shape index (κ1) is 23.4. The molecule has 0 atom stereocenters. The average molecular weight is 453 g/mol. The molecule has 2 fully saturated rings. The number of nitrogens with one attached hydrogen (secondary N) is 3. The van der Waals surface area contributed by atoms with E-state index in [2.05, 4.69) is 40.0 Å². The summed E-state index contributed by atoms with van der Waals surface area (Å²) in [7, 11) is 0. The number of piperidine rings is 1. The van der Waals surface area contributed by atoms with Gasteiger partial charge in [0.1, 0.15) is 5.82 Å². The van der Waals surface area contributed by atoms with Crippen molar-refractivity contribution in [2.75, 3.05) is 23.7 Å². The zero-order valence-electron chi connectivity index (χ0n) is 19.7. The van der Waals surface area contributed by atoms with Crippen LogP contribution < -0.4 is 21.7 Å². The van der Waals surface area contributed by atoms with E-state index in [1.807, 2.05) is 13.0 Å². The Balaban J connectivity index is 1.59. The van der Waals surface area contributed by atoms with Gasteiger partial charge in [0, 0.05) is 11.7 Å². The van der Waals surface area contributed by atoms with E-state index in [1.165, 1.54) is 11.1 Å². The highest BCUT2D eigenvalue weighted by Gasteiger charge is 2.23. The van der Waals surface area contributed by atoms with Crippen LogP contribution in [0, 0.1) is 6.92 Å². The second-order valence-corrected chi connectivity index (χ2v) is 9.30. The molecule has 1 aliphatic heterocycles. The van der Waals surface area contributed by atoms with Crippen LogP contribution in [0.3, 0.4) is 0 Å². The van der Waals surface area contributed by atoms with Crippen molar-refractivity contribution in [2.45, 2.75) is 76.9 Å². The van der Waals surface area contributed by atoms with Crippen molar-refractivity contribution in [2.24, 2.45) is 5.73 Å². The third-order valence-corrected chi connectivity index (χ3v) is 6.89. The number of aliphatic hydroxyl groups excluding tert-OH is 1. The Morgan fingerprint density at radius 2 is 1.85 bits per heavy atom. The number of hydrogen-bond donors (Lipinski definition) is 5. The van der Waals surface area contributed by atoms with E-state index >= 15 is 0 Å². The van der Waals surface area contributed by atoms with Gasteiger partial charge >= 0.3 is 0 Å². The number of hydrogen-bond acceptors (Lipinski definition) is 7. The minimum absolute atomic E-state index is 0.150. The minimum Gasteiger partial charge on any atom is -0.393 e. The Bertz CT molecular complexity index is 981. The summed E-state index contributed by atoms with van der Waals surface area (Å²) in [5, 5.41) is 20.0. The predicted molar refractivity (Wildman–Crippen MR) is 131 cm³/mol. The lowest BCUT2D eigenvalue weighted by atomic mass is 9.87. The number of nitrogens with two attached hydrogens (primary N) is 1. The highest BCUT2D eigenvalue weighted by atomic mass is 16.3. The van der Waals surface area contributed by atoms with Gasteiger partial charge in [-0.1, -0.05) is 13.0 Å². The monoisotopic (exact) mass is 452 g/mol. The highest BCUT2D eigenvalue weighted by molar-refractivity contribution is 5.96. The van der Waals surface area contributed by atoms with Gasteiger partial charge in [0.2, 0.25) is 0 Å². The largest absolute Gasteiger partial charge is 0.393 e. The summed E-state index contributed by atoms with van der Waals surface area (Å²) < 4.78 is 0. The molecule has 33 heavy (non-hydrogen) atoms. The van der Waals surface area contributed by atoms with Gasteiger partial charge in [0.25, 0.3) is 5.91 Å². The quantitative estimate of drug-likeness (QED) is 0.436. The Morgan fingerprint density at radius 1 is 1.12 bits per heavy atom. The molecule has 0 radical (unpaired) electrons. The summed E-state index contributed by atoms with van der Waals surface area (Å²) in [4.78, 5) is 21.5. The number of carbonyl (C=O) groups excluding carboxylic acids is 1. The maximum atomic E-state index is 12.2. The fraction of sp³-hybridized carbons (Fsp3) is 0.560. The summed E-state index contributed by atoms with van der Waals surface area (Å²) in [6.07, 6.45) is 6.03. The van der Waals surface area contributed by atoms with E-state index in [-0.39, 0.29) is 17.8 Å². The number of nitrogens with zero attached hydrogens (tertiary/aromatic N) is 2. The van der Waals surface area contributed by atoms with Crippen LogP contribution in [0.1, 0.15) is 78.7 Å². The third kappa shape index (κ3) is 5.62. The van der Waals surface area contributed by atoms with Gasteiger partial charge in [-0.15, -0.1) is 0 Å². The second-order valence-electron chi connectivity index (χ2n) is 9.30. The van der Waals surface area contributed by atoms with Gasteiger partial charge in [-0.05, 0) is 94.1 Å². The number of aromatic nitrogens is 2. The normalized spacial score (nSPS) is 21.5. The molecule has 6 N–H and O–H groups in total. The molecule has 1 aliphatic carbocycles. The van der Waals surface area contributed by atoms with Crippen molar-refractivity contribution < 1.29 is 9.90 Å². The van der Waals surface area contributed by atoms with E-state index in [4.69, 9.17) is 10.7 Å². The number of anilines is 3. The first-order chi connectivity index (χ1) is 15.9. The van der Waals surface area contributed by atoms with Crippen molar-refractivity contribution in [1.82, 2.24) is 15.3 Å². The third-order valence-electron chi connectivity index (χ3n) is 6.89. The van der Waals surface area contributed by atoms with Crippen LogP contribution in [0.5, 0.6) is 0 Å². The second kappa shape index (κ2) is 10.5. The zero-order chi connectivity index (χ0) is 23.4. The van der Waals surface area contributed by atoms with Crippen molar-refractivity contribution in [3.63, 3.8) is 0 Å². The van der Waals surface area contributed by atoms with E-state index in [0.29, 0.717) is 24.0 Å². The Hall–Kier alpha value is -2.71. The number of aryl methyl sites for hydroxylation is 2. The van der Waals surface area contributed by atoms with E-state index < -0.39 is 5.91 Å². The molecule has 1 aromatic carbocycles. The Morgan fingerprint density at radius 3 is 2.48 bits per heavy atom. The predicted octanol–water partition coefficient (Wildman–Crippen LogP) is 3.37. The molecule has 178 valence electrons. The molecule has 2 heterocycles. The molecule has 8 nitrogen and oxygen atoms in total. The van der Waals surface area contributed by atoms with Crippen LogP contribution in [0.4, 0.5) is 17.3 Å². The van der Waals surface area contributed by atoms with Crippen molar-refractivity contribution in [1.29, 1.82) is 0 Å². The number of primary amides is 1. The lowest BCUT2D eigenvalue weighted by Gasteiger charge is -2.27. The molecule has 2 aliphatic rings. The number of carbonyl (C=O) groups is 1. The molecule has 1 saturated heterocycles. The smallest absolute Gasteiger partial charge is 0.271 e. The van der Waals surface area contributed by atoms with Crippen LogP contribution in [-0.4, -0.2) is 46.2 Å². The van der Waals surface area contributed by atoms with E-state index in [1.54, 1.807) is 0 Å². The van der Waals surface area contributed by atoms with Crippen LogP contribution in [-0.2, 0) is 6.42 Å². The summed E-state index contributed by atoms with van der Waals surface area (Å²) in [6, 6.07) is 6.55. The highest BCUT2D eigenvalue weighted by Crippen LogP contribution is 2.31. The summed E-state index contributed by atoms with van der Waals surface area (Å²) in [5.74, 6) is 1.02. The van der Waals surface area contributed by atoms with Crippen molar-refractivity contribution in [3.05, 3.63) is 40.7 Å². The fourth-order valence-electron chi connectivity index (χ4n) is 4.99. The van der Waals surface area contributed by atoms with Gasteiger partial charge in [-0.3, -0.25) is 4.79 Å². The standard InChI is InChI=1S/C25H36N6O2/c1-3-21-24(28-17-4-7-19(32)8-5-17)31-25(22(30-21)23(26)33)29-18-6-9-20(15(2)14-18)16-10-12-27-13-11-16/h6,9,14,16-17,19,27,32H,3-5,7-8,10-13H2,1-2H3,(H2,26,33)(H2,28,29,31). The van der Waals surface area contributed by atoms with Gasteiger partial charge in [0.15, 0.2) is 11.5 Å². The maximum absolute atomic E-state index is 12.2.